The van der Waals surface area contributed by atoms with Crippen molar-refractivity contribution in [3.8, 4) is 0 Å². The molecular formula is C33H42N6O6S. The van der Waals surface area contributed by atoms with Gasteiger partial charge in [-0.1, -0.05) is 13.8 Å². The highest BCUT2D eigenvalue weighted by Crippen LogP contribution is 2.46. The Bertz CT molecular complexity index is 1750. The van der Waals surface area contributed by atoms with Gasteiger partial charge in [-0.15, -0.1) is 0 Å². The average Bonchev–Trinajstić information content (AvgIpc) is 3.78. The van der Waals surface area contributed by atoms with Crippen LogP contribution in [0.2, 0.25) is 0 Å². The molecule has 0 aliphatic heterocycles. The number of amides is 3. The molecule has 3 amide bonds. The van der Waals surface area contributed by atoms with Crippen LogP contribution in [-0.4, -0.2) is 54.5 Å². The van der Waals surface area contributed by atoms with Crippen molar-refractivity contribution < 1.29 is 27.5 Å². The fraction of sp³-hybridized carbons (Fsp3) is 0.485. The van der Waals surface area contributed by atoms with Gasteiger partial charge >= 0.3 is 12.0 Å². The summed E-state index contributed by atoms with van der Waals surface area (Å²) in [4.78, 5) is 47.9. The van der Waals surface area contributed by atoms with Crippen LogP contribution in [0.1, 0.15) is 106 Å². The Morgan fingerprint density at radius 3 is 2.39 bits per heavy atom. The van der Waals surface area contributed by atoms with E-state index in [0.717, 1.165) is 18.5 Å². The molecule has 1 unspecified atom stereocenters. The molecule has 2 aliphatic carbocycles. The molecule has 46 heavy (non-hydrogen) atoms. The Labute approximate surface area is 269 Å². The molecule has 1 fully saturated rings. The maximum Gasteiger partial charge on any atom is 0.328 e. The van der Waals surface area contributed by atoms with E-state index in [1.54, 1.807) is 51.4 Å². The Morgan fingerprint density at radius 2 is 1.76 bits per heavy atom. The second-order valence-corrected chi connectivity index (χ2v) is 15.2. The zero-order valence-electron chi connectivity index (χ0n) is 27.0. The molecule has 2 aromatic heterocycles. The zero-order valence-corrected chi connectivity index (χ0v) is 27.8. The molecule has 0 saturated heterocycles. The van der Waals surface area contributed by atoms with Crippen LogP contribution in [0.5, 0.6) is 0 Å². The summed E-state index contributed by atoms with van der Waals surface area (Å²) in [6, 6.07) is 3.89. The van der Waals surface area contributed by atoms with Crippen molar-refractivity contribution in [2.75, 3.05) is 6.54 Å². The van der Waals surface area contributed by atoms with Gasteiger partial charge < -0.3 is 20.7 Å². The smallest absolute Gasteiger partial charge is 0.328 e. The first-order valence-corrected chi connectivity index (χ1v) is 17.1. The summed E-state index contributed by atoms with van der Waals surface area (Å²) < 4.78 is 35.7. The number of hydrogen-bond acceptors (Lipinski definition) is 8. The van der Waals surface area contributed by atoms with Crippen LogP contribution in [0.3, 0.4) is 0 Å². The SMILES string of the molecule is CC(C)CNS(=O)(=O)c1cc2c(c3cnc(C4CC4)cc13)[C@@H](NC(=O)NC(C)C(=O)OC(C)(C)C)C[C@@H]2NC(=O)c1cccnc1. The lowest BCUT2D eigenvalue weighted by molar-refractivity contribution is -0.156. The van der Waals surface area contributed by atoms with Gasteiger partial charge in [0.15, 0.2) is 0 Å². The predicted octanol–water partition coefficient (Wildman–Crippen LogP) is 4.39. The second kappa shape index (κ2) is 13.0. The van der Waals surface area contributed by atoms with E-state index >= 15 is 0 Å². The van der Waals surface area contributed by atoms with Gasteiger partial charge in [-0.2, -0.15) is 0 Å². The second-order valence-electron chi connectivity index (χ2n) is 13.5. The van der Waals surface area contributed by atoms with Gasteiger partial charge in [0.2, 0.25) is 10.0 Å². The van der Waals surface area contributed by atoms with Gasteiger partial charge in [-0.25, -0.2) is 22.7 Å². The molecule has 12 nitrogen and oxygen atoms in total. The number of nitrogens with one attached hydrogen (secondary N) is 4. The molecule has 0 spiro atoms. The van der Waals surface area contributed by atoms with Crippen molar-refractivity contribution in [1.82, 2.24) is 30.6 Å². The number of rotatable bonds is 10. The quantitative estimate of drug-likeness (QED) is 0.234. The maximum absolute atomic E-state index is 13.8. The van der Waals surface area contributed by atoms with E-state index in [1.165, 1.54) is 13.1 Å². The van der Waals surface area contributed by atoms with E-state index in [-0.39, 0.29) is 29.7 Å². The minimum Gasteiger partial charge on any atom is -0.458 e. The highest BCUT2D eigenvalue weighted by molar-refractivity contribution is 7.89. The van der Waals surface area contributed by atoms with Crippen molar-refractivity contribution >= 4 is 38.7 Å². The van der Waals surface area contributed by atoms with Gasteiger partial charge in [-0.05, 0) is 88.3 Å². The highest BCUT2D eigenvalue weighted by Gasteiger charge is 2.38. The third-order valence-corrected chi connectivity index (χ3v) is 9.35. The normalized spacial score (nSPS) is 18.6. The molecule has 5 rings (SSSR count). The predicted molar refractivity (Wildman–Crippen MR) is 173 cm³/mol. The maximum atomic E-state index is 13.8. The number of pyridine rings is 2. The monoisotopic (exact) mass is 650 g/mol. The van der Waals surface area contributed by atoms with Gasteiger partial charge in [0.05, 0.1) is 22.5 Å². The summed E-state index contributed by atoms with van der Waals surface area (Å²) in [6.07, 6.45) is 6.89. The molecule has 4 N–H and O–H groups in total. The lowest BCUT2D eigenvalue weighted by atomic mass is 9.98. The number of urea groups is 1. The summed E-state index contributed by atoms with van der Waals surface area (Å²) in [5.41, 5.74) is 1.65. The molecule has 1 aromatic carbocycles. The first kappa shape index (κ1) is 33.3. The van der Waals surface area contributed by atoms with Crippen LogP contribution >= 0.6 is 0 Å². The highest BCUT2D eigenvalue weighted by atomic mass is 32.2. The number of benzene rings is 1. The summed E-state index contributed by atoms with van der Waals surface area (Å²) in [5.74, 6) is -0.613. The Balaban J connectivity index is 1.56. The van der Waals surface area contributed by atoms with E-state index in [2.05, 4.69) is 25.7 Å². The van der Waals surface area contributed by atoms with Crippen LogP contribution in [0.25, 0.3) is 10.8 Å². The number of sulfonamides is 1. The molecule has 13 heteroatoms. The van der Waals surface area contributed by atoms with Crippen molar-refractivity contribution in [2.24, 2.45) is 5.92 Å². The number of hydrogen-bond donors (Lipinski definition) is 4. The number of fused-ring (bicyclic) bond motifs is 3. The van der Waals surface area contributed by atoms with Crippen LogP contribution in [0.15, 0.2) is 47.8 Å². The van der Waals surface area contributed by atoms with Crippen molar-refractivity contribution in [1.29, 1.82) is 0 Å². The van der Waals surface area contributed by atoms with Crippen LogP contribution in [-0.2, 0) is 19.6 Å². The summed E-state index contributed by atoms with van der Waals surface area (Å²) >= 11 is 0. The number of carbonyl (C=O) groups excluding carboxylic acids is 3. The third kappa shape index (κ3) is 7.64. The van der Waals surface area contributed by atoms with Crippen LogP contribution in [0, 0.1) is 5.92 Å². The van der Waals surface area contributed by atoms with Gasteiger partial charge in [0.1, 0.15) is 11.6 Å². The van der Waals surface area contributed by atoms with Gasteiger partial charge in [0, 0.05) is 47.5 Å². The van der Waals surface area contributed by atoms with Crippen molar-refractivity contribution in [2.45, 2.75) is 95.3 Å². The molecule has 1 saturated carbocycles. The van der Waals surface area contributed by atoms with Crippen LogP contribution < -0.4 is 20.7 Å². The summed E-state index contributed by atoms with van der Waals surface area (Å²) in [6.45, 7) is 10.9. The molecule has 0 radical (unpaired) electrons. The third-order valence-electron chi connectivity index (χ3n) is 7.88. The van der Waals surface area contributed by atoms with Crippen LogP contribution in [0.4, 0.5) is 4.79 Å². The van der Waals surface area contributed by atoms with E-state index in [1.807, 2.05) is 19.9 Å². The molecule has 3 aromatic rings. The Hall–Kier alpha value is -4.10. The number of carbonyl (C=O) groups is 3. The minimum absolute atomic E-state index is 0.0841. The van der Waals surface area contributed by atoms with E-state index < -0.39 is 51.7 Å². The van der Waals surface area contributed by atoms with E-state index in [4.69, 9.17) is 9.72 Å². The largest absolute Gasteiger partial charge is 0.458 e. The number of esters is 1. The molecule has 246 valence electrons. The fourth-order valence-electron chi connectivity index (χ4n) is 5.53. The molecule has 0 bridgehead atoms. The average molecular weight is 651 g/mol. The molecule has 2 heterocycles. The summed E-state index contributed by atoms with van der Waals surface area (Å²) in [7, 11) is -3.96. The molecular weight excluding hydrogens is 608 g/mol. The summed E-state index contributed by atoms with van der Waals surface area (Å²) in [5, 5.41) is 9.67. The number of nitrogens with zero attached hydrogens (tertiary/aromatic N) is 2. The first-order chi connectivity index (χ1) is 21.6. The Kier molecular flexibility index (Phi) is 9.37. The Morgan fingerprint density at radius 1 is 1.02 bits per heavy atom. The lowest BCUT2D eigenvalue weighted by Crippen LogP contribution is -2.47. The fourth-order valence-corrected chi connectivity index (χ4v) is 6.98. The van der Waals surface area contributed by atoms with Gasteiger partial charge in [-0.3, -0.25) is 14.8 Å². The van der Waals surface area contributed by atoms with E-state index in [0.29, 0.717) is 27.5 Å². The molecule has 3 atom stereocenters. The van der Waals surface area contributed by atoms with Crippen molar-refractivity contribution in [3.05, 3.63) is 65.2 Å². The first-order valence-electron chi connectivity index (χ1n) is 15.6. The topological polar surface area (TPSA) is 168 Å². The lowest BCUT2D eigenvalue weighted by Gasteiger charge is -2.23. The zero-order chi connectivity index (χ0) is 33.4. The standard InChI is InChI=1S/C33H42N6O6S/c1-18(2)15-36-46(43,44)28-13-23-26(38-30(40)21-8-7-11-34-16-21)14-27(39-32(42)37-19(3)31(41)45-33(4,5)6)29(23)24-17-35-25(12-22(24)28)20-9-10-20/h7-8,11-13,16-20,26-27,36H,9-10,14-15H2,1-6H3,(H,38,40)(H2,37,39,42)/t19?,26-,27-/m0/s1. The molecule has 2 aliphatic rings. The van der Waals surface area contributed by atoms with Crippen molar-refractivity contribution in [3.63, 3.8) is 0 Å². The number of ether oxygens (including phenoxy) is 1. The van der Waals surface area contributed by atoms with E-state index in [9.17, 15) is 22.8 Å². The minimum atomic E-state index is -3.96. The van der Waals surface area contributed by atoms with Gasteiger partial charge in [0.25, 0.3) is 5.91 Å². The number of aromatic nitrogens is 2.